The molecule has 29 heavy (non-hydrogen) atoms. The van der Waals surface area contributed by atoms with E-state index in [1.165, 1.54) is 14.0 Å². The Morgan fingerprint density at radius 3 is 2.83 bits per heavy atom. The summed E-state index contributed by atoms with van der Waals surface area (Å²) < 4.78 is 22.6. The lowest BCUT2D eigenvalue weighted by Gasteiger charge is -2.41. The first-order chi connectivity index (χ1) is 13.9. The van der Waals surface area contributed by atoms with Crippen molar-refractivity contribution in [2.24, 2.45) is 0 Å². The maximum absolute atomic E-state index is 12.2. The predicted octanol–water partition coefficient (Wildman–Crippen LogP) is 3.19. The normalized spacial score (nSPS) is 26.5. The highest BCUT2D eigenvalue weighted by atomic mass is 16.7. The van der Waals surface area contributed by atoms with Gasteiger partial charge in [0.25, 0.3) is 0 Å². The van der Waals surface area contributed by atoms with Gasteiger partial charge in [0.2, 0.25) is 6.79 Å². The molecule has 0 fully saturated rings. The van der Waals surface area contributed by atoms with E-state index in [0.717, 1.165) is 22.3 Å². The molecule has 0 amide bonds. The van der Waals surface area contributed by atoms with Crippen molar-refractivity contribution in [3.8, 4) is 23.0 Å². The van der Waals surface area contributed by atoms with Crippen LogP contribution in [-0.2, 0) is 21.6 Å². The van der Waals surface area contributed by atoms with Gasteiger partial charge >= 0.3 is 5.97 Å². The SMILES string of the molecule is COc1cc2c(cc1O)C1(C(C)c3ccc4c(c3C1OC(C)=O)OCO4)N(C)C2. The minimum Gasteiger partial charge on any atom is -0.504 e. The van der Waals surface area contributed by atoms with Crippen molar-refractivity contribution >= 4 is 5.97 Å². The van der Waals surface area contributed by atoms with E-state index in [0.29, 0.717) is 23.8 Å². The van der Waals surface area contributed by atoms with E-state index in [-0.39, 0.29) is 24.4 Å². The molecule has 1 spiro atoms. The van der Waals surface area contributed by atoms with Crippen molar-refractivity contribution in [3.05, 3.63) is 46.5 Å². The number of hydrogen-bond acceptors (Lipinski definition) is 7. The molecule has 3 atom stereocenters. The molecule has 0 bridgehead atoms. The fourth-order valence-corrected chi connectivity index (χ4v) is 5.43. The van der Waals surface area contributed by atoms with Gasteiger partial charge in [0.15, 0.2) is 29.1 Å². The second-order valence-corrected chi connectivity index (χ2v) is 7.88. The summed E-state index contributed by atoms with van der Waals surface area (Å²) in [6, 6.07) is 7.53. The van der Waals surface area contributed by atoms with Crippen molar-refractivity contribution in [1.29, 1.82) is 0 Å². The molecule has 2 aromatic carbocycles. The lowest BCUT2D eigenvalue weighted by molar-refractivity contribution is -0.156. The quantitative estimate of drug-likeness (QED) is 0.780. The number of hydrogen-bond donors (Lipinski definition) is 1. The Hall–Kier alpha value is -2.93. The number of methoxy groups -OCH3 is 1. The van der Waals surface area contributed by atoms with Gasteiger partial charge in [-0.15, -0.1) is 0 Å². The minimum atomic E-state index is -0.672. The monoisotopic (exact) mass is 397 g/mol. The molecule has 1 N–H and O–H groups in total. The summed E-state index contributed by atoms with van der Waals surface area (Å²) in [6.45, 7) is 4.32. The van der Waals surface area contributed by atoms with Gasteiger partial charge in [-0.2, -0.15) is 0 Å². The number of ether oxygens (including phenoxy) is 4. The maximum atomic E-state index is 12.2. The molecule has 3 unspecified atom stereocenters. The van der Waals surface area contributed by atoms with Gasteiger partial charge in [-0.1, -0.05) is 13.0 Å². The molecule has 0 radical (unpaired) electrons. The number of fused-ring (bicyclic) bond motifs is 5. The van der Waals surface area contributed by atoms with Gasteiger partial charge in [0.1, 0.15) is 0 Å². The number of carbonyl (C=O) groups is 1. The fraction of sp³-hybridized carbons (Fsp3) is 0.409. The zero-order valence-electron chi connectivity index (χ0n) is 16.8. The number of esters is 1. The van der Waals surface area contributed by atoms with Crippen molar-refractivity contribution in [3.63, 3.8) is 0 Å². The van der Waals surface area contributed by atoms with Crippen LogP contribution < -0.4 is 14.2 Å². The van der Waals surface area contributed by atoms with Gasteiger partial charge in [0.05, 0.1) is 12.6 Å². The Labute approximate surface area is 168 Å². The first-order valence-corrected chi connectivity index (χ1v) is 9.60. The summed E-state index contributed by atoms with van der Waals surface area (Å²) in [5, 5.41) is 10.5. The number of likely N-dealkylation sites (N-methyl/N-ethyl adjacent to an activating group) is 1. The highest BCUT2D eigenvalue weighted by Gasteiger charge is 2.62. The average Bonchev–Trinajstić information content (AvgIpc) is 3.32. The molecule has 2 aromatic rings. The highest BCUT2D eigenvalue weighted by Crippen LogP contribution is 2.65. The average molecular weight is 397 g/mol. The molecular formula is C22H23NO6. The van der Waals surface area contributed by atoms with Crippen LogP contribution in [0, 0.1) is 0 Å². The molecule has 1 aliphatic carbocycles. The molecule has 0 saturated carbocycles. The number of phenols is 1. The van der Waals surface area contributed by atoms with Crippen LogP contribution in [0.5, 0.6) is 23.0 Å². The smallest absolute Gasteiger partial charge is 0.303 e. The maximum Gasteiger partial charge on any atom is 0.303 e. The predicted molar refractivity (Wildman–Crippen MR) is 103 cm³/mol. The number of benzene rings is 2. The van der Waals surface area contributed by atoms with Crippen LogP contribution in [0.2, 0.25) is 0 Å². The molecule has 0 saturated heterocycles. The van der Waals surface area contributed by atoms with Crippen molar-refractivity contribution in [2.75, 3.05) is 21.0 Å². The number of carbonyl (C=O) groups excluding carboxylic acids is 1. The Morgan fingerprint density at radius 1 is 1.31 bits per heavy atom. The molecule has 7 heteroatoms. The summed E-state index contributed by atoms with van der Waals surface area (Å²) in [6.07, 6.45) is -0.597. The zero-order chi connectivity index (χ0) is 20.5. The second-order valence-electron chi connectivity index (χ2n) is 7.88. The third kappa shape index (κ3) is 2.19. The van der Waals surface area contributed by atoms with E-state index < -0.39 is 11.6 Å². The minimum absolute atomic E-state index is 0.0182. The van der Waals surface area contributed by atoms with Crippen molar-refractivity contribution < 1.29 is 28.8 Å². The van der Waals surface area contributed by atoms with E-state index in [9.17, 15) is 9.90 Å². The van der Waals surface area contributed by atoms with Crippen LogP contribution in [0.15, 0.2) is 24.3 Å². The number of rotatable bonds is 2. The largest absolute Gasteiger partial charge is 0.504 e. The molecule has 5 rings (SSSR count). The molecular weight excluding hydrogens is 374 g/mol. The summed E-state index contributed by atoms with van der Waals surface area (Å²) in [5.74, 6) is 1.40. The standard InChI is InChI=1S/C22H23NO6/c1-11-14-5-6-17-20(28-10-27-17)19(14)21(29-12(2)24)22(11)15-8-16(25)18(26-4)7-13(15)9-23(22)3/h5-8,11,21,25H,9-10H2,1-4H3. The van der Waals surface area contributed by atoms with Gasteiger partial charge in [0, 0.05) is 24.9 Å². The molecule has 2 aliphatic heterocycles. The number of phenolic OH excluding ortho intramolecular Hbond substituents is 1. The Kier molecular flexibility index (Phi) is 3.77. The van der Waals surface area contributed by atoms with Crippen LogP contribution in [-0.4, -0.2) is 36.9 Å². The highest BCUT2D eigenvalue weighted by molar-refractivity contribution is 5.69. The fourth-order valence-electron chi connectivity index (χ4n) is 5.43. The van der Waals surface area contributed by atoms with Crippen LogP contribution >= 0.6 is 0 Å². The first-order valence-electron chi connectivity index (χ1n) is 9.60. The summed E-state index contributed by atoms with van der Waals surface area (Å²) in [5.41, 5.74) is 3.19. The molecule has 3 aliphatic rings. The van der Waals surface area contributed by atoms with E-state index in [4.69, 9.17) is 18.9 Å². The summed E-state index contributed by atoms with van der Waals surface area (Å²) in [4.78, 5) is 14.4. The van der Waals surface area contributed by atoms with Crippen molar-refractivity contribution in [1.82, 2.24) is 4.90 Å². The van der Waals surface area contributed by atoms with Crippen LogP contribution in [0.4, 0.5) is 0 Å². The Bertz CT molecular complexity index is 1030. The van der Waals surface area contributed by atoms with Crippen molar-refractivity contribution in [2.45, 2.75) is 38.0 Å². The van der Waals surface area contributed by atoms with Crippen LogP contribution in [0.1, 0.15) is 48.1 Å². The molecule has 7 nitrogen and oxygen atoms in total. The number of aromatic hydroxyl groups is 1. The first kappa shape index (κ1) is 18.1. The number of nitrogens with zero attached hydrogens (tertiary/aromatic N) is 1. The van der Waals surface area contributed by atoms with Gasteiger partial charge < -0.3 is 24.1 Å². The Balaban J connectivity index is 1.79. The second kappa shape index (κ2) is 6.03. The summed E-state index contributed by atoms with van der Waals surface area (Å²) in [7, 11) is 3.55. The van der Waals surface area contributed by atoms with E-state index in [2.05, 4.69) is 11.8 Å². The summed E-state index contributed by atoms with van der Waals surface area (Å²) >= 11 is 0. The van der Waals surface area contributed by atoms with E-state index in [1.807, 2.05) is 25.2 Å². The molecule has 152 valence electrons. The van der Waals surface area contributed by atoms with E-state index in [1.54, 1.807) is 6.07 Å². The van der Waals surface area contributed by atoms with Crippen LogP contribution in [0.25, 0.3) is 0 Å². The van der Waals surface area contributed by atoms with Gasteiger partial charge in [-0.3, -0.25) is 9.69 Å². The zero-order valence-corrected chi connectivity index (χ0v) is 16.8. The third-order valence-corrected chi connectivity index (χ3v) is 6.56. The van der Waals surface area contributed by atoms with Crippen LogP contribution in [0.3, 0.4) is 0 Å². The van der Waals surface area contributed by atoms with Gasteiger partial charge in [-0.25, -0.2) is 0 Å². The third-order valence-electron chi connectivity index (χ3n) is 6.56. The topological polar surface area (TPSA) is 77.5 Å². The molecule has 2 heterocycles. The molecule has 0 aromatic heterocycles. The lowest BCUT2D eigenvalue weighted by Crippen LogP contribution is -2.45. The van der Waals surface area contributed by atoms with E-state index >= 15 is 0 Å². The lowest BCUT2D eigenvalue weighted by atomic mass is 9.78. The van der Waals surface area contributed by atoms with Gasteiger partial charge in [-0.05, 0) is 41.9 Å². The Morgan fingerprint density at radius 2 is 2.10 bits per heavy atom.